The molecule has 0 aliphatic rings. The van der Waals surface area contributed by atoms with Crippen molar-refractivity contribution in [1.29, 1.82) is 0 Å². The lowest BCUT2D eigenvalue weighted by Gasteiger charge is -2.08. The van der Waals surface area contributed by atoms with Crippen LogP contribution in [0.2, 0.25) is 0 Å². The Bertz CT molecular complexity index is 279. The van der Waals surface area contributed by atoms with Crippen LogP contribution < -0.4 is 4.74 Å². The number of halogens is 2. The molecule has 1 aromatic carbocycles. The molecule has 72 valence electrons. The summed E-state index contributed by atoms with van der Waals surface area (Å²) in [5.41, 5.74) is 0. The molecule has 0 heterocycles. The Hall–Kier alpha value is -0.770. The highest BCUT2D eigenvalue weighted by Gasteiger charge is 2.09. The van der Waals surface area contributed by atoms with Crippen molar-refractivity contribution in [2.24, 2.45) is 0 Å². The number of ether oxygens (including phenoxy) is 1. The van der Waals surface area contributed by atoms with Crippen molar-refractivity contribution < 1.29 is 13.5 Å². The first-order chi connectivity index (χ1) is 6.15. The standard InChI is InChI=1S/C9H10F2OS/c1-2-3-12-9-7(11)4-6(10)5-8(9)13/h4-5,13H,2-3H2,1H3. The fourth-order valence-corrected chi connectivity index (χ4v) is 1.19. The van der Waals surface area contributed by atoms with Gasteiger partial charge in [-0.2, -0.15) is 0 Å². The lowest BCUT2D eigenvalue weighted by atomic mass is 10.3. The molecule has 0 bridgehead atoms. The number of rotatable bonds is 3. The van der Waals surface area contributed by atoms with Crippen LogP contribution in [0.5, 0.6) is 5.75 Å². The molecule has 1 nitrogen and oxygen atoms in total. The summed E-state index contributed by atoms with van der Waals surface area (Å²) in [5.74, 6) is -1.34. The molecule has 0 fully saturated rings. The van der Waals surface area contributed by atoms with Crippen LogP contribution in [0.3, 0.4) is 0 Å². The molecule has 0 atom stereocenters. The van der Waals surface area contributed by atoms with Crippen LogP contribution in [0.25, 0.3) is 0 Å². The van der Waals surface area contributed by atoms with Crippen LogP contribution in [0.4, 0.5) is 8.78 Å². The van der Waals surface area contributed by atoms with E-state index in [1.54, 1.807) is 0 Å². The molecule has 1 rings (SSSR count). The van der Waals surface area contributed by atoms with Gasteiger partial charge in [0.15, 0.2) is 11.6 Å². The lowest BCUT2D eigenvalue weighted by molar-refractivity contribution is 0.292. The third-order valence-electron chi connectivity index (χ3n) is 1.44. The fourth-order valence-electron chi connectivity index (χ4n) is 0.894. The summed E-state index contributed by atoms with van der Waals surface area (Å²) < 4.78 is 30.7. The zero-order valence-corrected chi connectivity index (χ0v) is 8.07. The Morgan fingerprint density at radius 2 is 2.08 bits per heavy atom. The van der Waals surface area contributed by atoms with Crippen LogP contribution in [-0.4, -0.2) is 6.61 Å². The van der Waals surface area contributed by atoms with E-state index in [1.165, 1.54) is 0 Å². The molecule has 0 spiro atoms. The van der Waals surface area contributed by atoms with Crippen LogP contribution in [0, 0.1) is 11.6 Å². The maximum atomic E-state index is 13.0. The summed E-state index contributed by atoms with van der Waals surface area (Å²) in [4.78, 5) is 0.186. The second-order valence-corrected chi connectivity index (χ2v) is 3.07. The Labute approximate surface area is 81.1 Å². The van der Waals surface area contributed by atoms with Crippen molar-refractivity contribution in [2.45, 2.75) is 18.2 Å². The van der Waals surface area contributed by atoms with E-state index in [0.717, 1.165) is 18.6 Å². The smallest absolute Gasteiger partial charge is 0.169 e. The Kier molecular flexibility index (Phi) is 3.54. The summed E-state index contributed by atoms with van der Waals surface area (Å²) in [7, 11) is 0. The van der Waals surface area contributed by atoms with Gasteiger partial charge in [0, 0.05) is 6.07 Å². The quantitative estimate of drug-likeness (QED) is 0.744. The summed E-state index contributed by atoms with van der Waals surface area (Å²) >= 11 is 3.91. The topological polar surface area (TPSA) is 9.23 Å². The third kappa shape index (κ3) is 2.59. The van der Waals surface area contributed by atoms with E-state index < -0.39 is 11.6 Å². The van der Waals surface area contributed by atoms with Crippen LogP contribution >= 0.6 is 12.6 Å². The highest BCUT2D eigenvalue weighted by molar-refractivity contribution is 7.80. The molecular weight excluding hydrogens is 194 g/mol. The molecule has 0 N–H and O–H groups in total. The predicted octanol–water partition coefficient (Wildman–Crippen LogP) is 3.04. The molecule has 0 aliphatic carbocycles. The number of thiol groups is 1. The van der Waals surface area contributed by atoms with Crippen molar-refractivity contribution in [3.63, 3.8) is 0 Å². The molecule has 0 amide bonds. The van der Waals surface area contributed by atoms with Gasteiger partial charge >= 0.3 is 0 Å². The SMILES string of the molecule is CCCOc1c(F)cc(F)cc1S. The van der Waals surface area contributed by atoms with Crippen LogP contribution in [0.15, 0.2) is 17.0 Å². The minimum absolute atomic E-state index is 0.0200. The molecule has 1 aromatic rings. The van der Waals surface area contributed by atoms with Crippen molar-refractivity contribution in [3.8, 4) is 5.75 Å². The lowest BCUT2D eigenvalue weighted by Crippen LogP contribution is -1.99. The molecule has 4 heteroatoms. The minimum Gasteiger partial charge on any atom is -0.489 e. The van der Waals surface area contributed by atoms with E-state index in [4.69, 9.17) is 4.74 Å². The minimum atomic E-state index is -0.710. The second kappa shape index (κ2) is 4.46. The van der Waals surface area contributed by atoms with Gasteiger partial charge < -0.3 is 4.74 Å². The van der Waals surface area contributed by atoms with Gasteiger partial charge in [-0.25, -0.2) is 8.78 Å². The van der Waals surface area contributed by atoms with E-state index in [9.17, 15) is 8.78 Å². The zero-order valence-electron chi connectivity index (χ0n) is 7.18. The molecule has 0 radical (unpaired) electrons. The fraction of sp³-hybridized carbons (Fsp3) is 0.333. The Morgan fingerprint density at radius 3 is 2.62 bits per heavy atom. The van der Waals surface area contributed by atoms with Gasteiger partial charge in [0.1, 0.15) is 5.82 Å². The van der Waals surface area contributed by atoms with Crippen molar-refractivity contribution in [1.82, 2.24) is 0 Å². The molecule has 13 heavy (non-hydrogen) atoms. The van der Waals surface area contributed by atoms with E-state index in [0.29, 0.717) is 6.61 Å². The van der Waals surface area contributed by atoms with Gasteiger partial charge in [-0.15, -0.1) is 12.6 Å². The van der Waals surface area contributed by atoms with Crippen LogP contribution in [0.1, 0.15) is 13.3 Å². The van der Waals surface area contributed by atoms with Gasteiger partial charge in [0.05, 0.1) is 11.5 Å². The average Bonchev–Trinajstić information content (AvgIpc) is 2.02. The first-order valence-electron chi connectivity index (χ1n) is 3.96. The highest BCUT2D eigenvalue weighted by Crippen LogP contribution is 2.27. The molecule has 0 unspecified atom stereocenters. The zero-order chi connectivity index (χ0) is 9.84. The van der Waals surface area contributed by atoms with Crippen molar-refractivity contribution in [2.75, 3.05) is 6.61 Å². The average molecular weight is 204 g/mol. The number of benzene rings is 1. The summed E-state index contributed by atoms with van der Waals surface area (Å²) in [6.07, 6.45) is 0.768. The highest BCUT2D eigenvalue weighted by atomic mass is 32.1. The summed E-state index contributed by atoms with van der Waals surface area (Å²) in [6.45, 7) is 2.30. The van der Waals surface area contributed by atoms with E-state index in [-0.39, 0.29) is 10.6 Å². The van der Waals surface area contributed by atoms with Gasteiger partial charge in [-0.3, -0.25) is 0 Å². The monoisotopic (exact) mass is 204 g/mol. The van der Waals surface area contributed by atoms with Crippen LogP contribution in [-0.2, 0) is 0 Å². The molecule has 0 saturated carbocycles. The van der Waals surface area contributed by atoms with Gasteiger partial charge in [0.2, 0.25) is 0 Å². The Balaban J connectivity index is 2.92. The summed E-state index contributed by atoms with van der Waals surface area (Å²) in [5, 5.41) is 0. The van der Waals surface area contributed by atoms with Crippen molar-refractivity contribution >= 4 is 12.6 Å². The Morgan fingerprint density at radius 1 is 1.38 bits per heavy atom. The van der Waals surface area contributed by atoms with Crippen molar-refractivity contribution in [3.05, 3.63) is 23.8 Å². The largest absolute Gasteiger partial charge is 0.489 e. The number of hydrogen-bond donors (Lipinski definition) is 1. The first-order valence-corrected chi connectivity index (χ1v) is 4.40. The molecule has 0 aliphatic heterocycles. The maximum absolute atomic E-state index is 13.0. The molecule has 0 aromatic heterocycles. The normalized spacial score (nSPS) is 10.2. The number of hydrogen-bond acceptors (Lipinski definition) is 2. The van der Waals surface area contributed by atoms with Gasteiger partial charge in [-0.05, 0) is 12.5 Å². The van der Waals surface area contributed by atoms with E-state index in [2.05, 4.69) is 12.6 Å². The van der Waals surface area contributed by atoms with E-state index in [1.807, 2.05) is 6.92 Å². The maximum Gasteiger partial charge on any atom is 0.169 e. The molecule has 0 saturated heterocycles. The third-order valence-corrected chi connectivity index (χ3v) is 1.77. The summed E-state index contributed by atoms with van der Waals surface area (Å²) in [6, 6.07) is 1.90. The first kappa shape index (κ1) is 10.3. The van der Waals surface area contributed by atoms with Gasteiger partial charge in [0.25, 0.3) is 0 Å². The van der Waals surface area contributed by atoms with Gasteiger partial charge in [-0.1, -0.05) is 6.92 Å². The second-order valence-electron chi connectivity index (χ2n) is 2.58. The molecular formula is C9H10F2OS. The van der Waals surface area contributed by atoms with E-state index >= 15 is 0 Å². The predicted molar refractivity (Wildman–Crippen MR) is 49.4 cm³/mol.